The number of amides is 1. The van der Waals surface area contributed by atoms with Crippen LogP contribution in [0.25, 0.3) is 0 Å². The maximum absolute atomic E-state index is 12.6. The number of likely N-dealkylation sites (tertiary alicyclic amines) is 1. The highest BCUT2D eigenvalue weighted by Gasteiger charge is 2.26. The summed E-state index contributed by atoms with van der Waals surface area (Å²) in [6.07, 6.45) is 3.40. The Labute approximate surface area is 143 Å². The Hall–Kier alpha value is -1.10. The lowest BCUT2D eigenvalue weighted by Crippen LogP contribution is -2.43. The molecule has 1 aliphatic rings. The first-order valence-electron chi connectivity index (χ1n) is 8.36. The zero-order valence-corrected chi connectivity index (χ0v) is 14.5. The molecule has 1 unspecified atom stereocenters. The maximum Gasteiger partial charge on any atom is 0.225 e. The second kappa shape index (κ2) is 9.26. The molecule has 1 atom stereocenters. The predicted molar refractivity (Wildman–Crippen MR) is 91.6 cm³/mol. The molecule has 1 N–H and O–H groups in total. The average Bonchev–Trinajstić information content (AvgIpc) is 2.57. The van der Waals surface area contributed by atoms with Crippen LogP contribution >= 0.6 is 11.6 Å². The summed E-state index contributed by atoms with van der Waals surface area (Å²) in [7, 11) is 0. The molecule has 1 aliphatic heterocycles. The summed E-state index contributed by atoms with van der Waals surface area (Å²) in [4.78, 5) is 14.5. The number of carbonyl (C=O) groups excluding carboxylic acids is 1. The molecule has 5 heteroatoms. The third kappa shape index (κ3) is 5.79. The zero-order chi connectivity index (χ0) is 16.7. The van der Waals surface area contributed by atoms with Gasteiger partial charge in [0.1, 0.15) is 0 Å². The molecule has 128 valence electrons. The molecular weight excluding hydrogens is 314 g/mol. The molecule has 0 spiro atoms. The number of hydrogen-bond acceptors (Lipinski definition) is 3. The molecule has 1 amide bonds. The van der Waals surface area contributed by atoms with E-state index in [2.05, 4.69) is 0 Å². The van der Waals surface area contributed by atoms with Crippen LogP contribution in [0.4, 0.5) is 0 Å². The van der Waals surface area contributed by atoms with Crippen molar-refractivity contribution in [1.82, 2.24) is 4.90 Å². The van der Waals surface area contributed by atoms with Gasteiger partial charge < -0.3 is 14.7 Å². The van der Waals surface area contributed by atoms with Gasteiger partial charge in [-0.05, 0) is 43.4 Å². The number of benzene rings is 1. The number of hydrogen-bond donors (Lipinski definition) is 1. The van der Waals surface area contributed by atoms with E-state index in [-0.39, 0.29) is 24.5 Å². The maximum atomic E-state index is 12.6. The molecule has 0 saturated carbocycles. The first-order valence-corrected chi connectivity index (χ1v) is 8.73. The van der Waals surface area contributed by atoms with Gasteiger partial charge in [-0.15, -0.1) is 0 Å². The van der Waals surface area contributed by atoms with Gasteiger partial charge in [-0.1, -0.05) is 30.7 Å². The topological polar surface area (TPSA) is 49.8 Å². The summed E-state index contributed by atoms with van der Waals surface area (Å²) in [5.74, 6) is 0.191. The van der Waals surface area contributed by atoms with E-state index in [1.807, 2.05) is 36.1 Å². The van der Waals surface area contributed by atoms with Crippen molar-refractivity contribution in [2.75, 3.05) is 26.3 Å². The largest absolute Gasteiger partial charge is 0.396 e. The third-order valence-electron chi connectivity index (χ3n) is 4.29. The van der Waals surface area contributed by atoms with E-state index in [4.69, 9.17) is 21.4 Å². The van der Waals surface area contributed by atoms with E-state index in [9.17, 15) is 4.79 Å². The molecule has 1 heterocycles. The van der Waals surface area contributed by atoms with Crippen LogP contribution in [0.3, 0.4) is 0 Å². The van der Waals surface area contributed by atoms with E-state index in [1.165, 1.54) is 0 Å². The summed E-state index contributed by atoms with van der Waals surface area (Å²) >= 11 is 5.89. The van der Waals surface area contributed by atoms with Gasteiger partial charge in [-0.25, -0.2) is 0 Å². The lowest BCUT2D eigenvalue weighted by Gasteiger charge is -2.33. The summed E-state index contributed by atoms with van der Waals surface area (Å²) in [6.45, 7) is 4.27. The third-order valence-corrected chi connectivity index (χ3v) is 4.54. The first-order chi connectivity index (χ1) is 11.1. The second-order valence-electron chi connectivity index (χ2n) is 6.20. The zero-order valence-electron chi connectivity index (χ0n) is 13.7. The van der Waals surface area contributed by atoms with E-state index in [1.54, 1.807) is 0 Å². The number of piperidine rings is 1. The Bertz CT molecular complexity index is 484. The highest BCUT2D eigenvalue weighted by molar-refractivity contribution is 6.30. The molecule has 23 heavy (non-hydrogen) atoms. The van der Waals surface area contributed by atoms with Crippen molar-refractivity contribution in [3.05, 3.63) is 34.9 Å². The standard InChI is InChI=1S/C18H26ClNO3/c1-14(13-15-3-5-16(19)6-4-15)18(22)20-9-7-17(8-10-20)23-12-2-11-21/h3-6,14,17,21H,2,7-13H2,1H3. The smallest absolute Gasteiger partial charge is 0.225 e. The minimum atomic E-state index is -0.0250. The normalized spacial score (nSPS) is 17.3. The van der Waals surface area contributed by atoms with E-state index in [0.717, 1.165) is 42.9 Å². The lowest BCUT2D eigenvalue weighted by atomic mass is 9.98. The Morgan fingerprint density at radius 1 is 1.35 bits per heavy atom. The van der Waals surface area contributed by atoms with Crippen LogP contribution in [-0.2, 0) is 16.0 Å². The highest BCUT2D eigenvalue weighted by Crippen LogP contribution is 2.19. The number of carbonyl (C=O) groups is 1. The van der Waals surface area contributed by atoms with Crippen molar-refractivity contribution in [1.29, 1.82) is 0 Å². The van der Waals surface area contributed by atoms with Crippen molar-refractivity contribution in [2.45, 2.75) is 38.7 Å². The van der Waals surface area contributed by atoms with Crippen molar-refractivity contribution < 1.29 is 14.6 Å². The van der Waals surface area contributed by atoms with E-state index >= 15 is 0 Å². The number of aliphatic hydroxyl groups excluding tert-OH is 1. The van der Waals surface area contributed by atoms with Crippen molar-refractivity contribution in [3.63, 3.8) is 0 Å². The second-order valence-corrected chi connectivity index (χ2v) is 6.64. The number of aliphatic hydroxyl groups is 1. The fraction of sp³-hybridized carbons (Fsp3) is 0.611. The molecule has 1 saturated heterocycles. The van der Waals surface area contributed by atoms with Crippen molar-refractivity contribution >= 4 is 17.5 Å². The SMILES string of the molecule is CC(Cc1ccc(Cl)cc1)C(=O)N1CCC(OCCCO)CC1. The molecule has 1 aromatic rings. The Kier molecular flexibility index (Phi) is 7.34. The summed E-state index contributed by atoms with van der Waals surface area (Å²) in [6, 6.07) is 7.69. The van der Waals surface area contributed by atoms with Gasteiger partial charge in [0, 0.05) is 37.2 Å². The van der Waals surface area contributed by atoms with Gasteiger partial charge in [0.25, 0.3) is 0 Å². The number of ether oxygens (including phenoxy) is 1. The van der Waals surface area contributed by atoms with Crippen LogP contribution in [0, 0.1) is 5.92 Å². The van der Waals surface area contributed by atoms with Crippen LogP contribution < -0.4 is 0 Å². The number of nitrogens with zero attached hydrogens (tertiary/aromatic N) is 1. The fourth-order valence-electron chi connectivity index (χ4n) is 2.93. The van der Waals surface area contributed by atoms with Gasteiger partial charge >= 0.3 is 0 Å². The molecular formula is C18H26ClNO3. The molecule has 0 radical (unpaired) electrons. The molecule has 0 bridgehead atoms. The van der Waals surface area contributed by atoms with Crippen LogP contribution in [0.15, 0.2) is 24.3 Å². The summed E-state index contributed by atoms with van der Waals surface area (Å²) in [5, 5.41) is 9.49. The Morgan fingerprint density at radius 3 is 2.61 bits per heavy atom. The summed E-state index contributed by atoms with van der Waals surface area (Å²) in [5.41, 5.74) is 1.14. The quantitative estimate of drug-likeness (QED) is 0.777. The molecule has 2 rings (SSSR count). The van der Waals surface area contributed by atoms with Gasteiger partial charge in [0.05, 0.1) is 6.10 Å². The first kappa shape index (κ1) is 18.2. The van der Waals surface area contributed by atoms with Crippen LogP contribution in [0.5, 0.6) is 0 Å². The monoisotopic (exact) mass is 339 g/mol. The van der Waals surface area contributed by atoms with Gasteiger partial charge in [-0.2, -0.15) is 0 Å². The van der Waals surface area contributed by atoms with E-state index in [0.29, 0.717) is 13.0 Å². The van der Waals surface area contributed by atoms with Crippen LogP contribution in [0.2, 0.25) is 5.02 Å². The number of rotatable bonds is 7. The molecule has 1 aromatic carbocycles. The summed E-state index contributed by atoms with van der Waals surface area (Å²) < 4.78 is 5.71. The van der Waals surface area contributed by atoms with Gasteiger partial charge in [0.15, 0.2) is 0 Å². The van der Waals surface area contributed by atoms with Crippen molar-refractivity contribution in [2.24, 2.45) is 5.92 Å². The lowest BCUT2D eigenvalue weighted by molar-refractivity contribution is -0.137. The molecule has 0 aliphatic carbocycles. The molecule has 4 nitrogen and oxygen atoms in total. The average molecular weight is 340 g/mol. The highest BCUT2D eigenvalue weighted by atomic mass is 35.5. The van der Waals surface area contributed by atoms with Crippen LogP contribution in [0.1, 0.15) is 31.7 Å². The minimum absolute atomic E-state index is 0.0250. The number of halogens is 1. The Balaban J connectivity index is 1.76. The van der Waals surface area contributed by atoms with Gasteiger partial charge in [0.2, 0.25) is 5.91 Å². The predicted octanol–water partition coefficient (Wildman–Crippen LogP) is 2.91. The minimum Gasteiger partial charge on any atom is -0.396 e. The van der Waals surface area contributed by atoms with E-state index < -0.39 is 0 Å². The Morgan fingerprint density at radius 2 is 2.00 bits per heavy atom. The van der Waals surface area contributed by atoms with Crippen molar-refractivity contribution in [3.8, 4) is 0 Å². The molecule has 0 aromatic heterocycles. The molecule has 1 fully saturated rings. The van der Waals surface area contributed by atoms with Gasteiger partial charge in [-0.3, -0.25) is 4.79 Å². The fourth-order valence-corrected chi connectivity index (χ4v) is 3.06. The van der Waals surface area contributed by atoms with Crippen LogP contribution in [-0.4, -0.2) is 48.3 Å².